The minimum absolute atomic E-state index is 0.142. The van der Waals surface area contributed by atoms with E-state index >= 15 is 0 Å². The lowest BCUT2D eigenvalue weighted by Gasteiger charge is -2.26. The summed E-state index contributed by atoms with van der Waals surface area (Å²) in [6.45, 7) is 0. The summed E-state index contributed by atoms with van der Waals surface area (Å²) >= 11 is 9.21. The number of hydrogen-bond donors (Lipinski definition) is 1. The van der Waals surface area contributed by atoms with E-state index in [0.29, 0.717) is 20.7 Å². The first kappa shape index (κ1) is 16.4. The monoisotopic (exact) mass is 404 g/mol. The topological polar surface area (TPSA) is 66.5 Å². The van der Waals surface area contributed by atoms with Crippen molar-refractivity contribution < 1.29 is 14.4 Å². The van der Waals surface area contributed by atoms with Gasteiger partial charge in [-0.25, -0.2) is 9.69 Å². The Hall–Kier alpha value is -2.44. The van der Waals surface area contributed by atoms with Crippen LogP contribution in [0.4, 0.5) is 10.5 Å². The largest absolute Gasteiger partial charge is 0.335 e. The first-order chi connectivity index (χ1) is 11.5. The van der Waals surface area contributed by atoms with Crippen LogP contribution in [0.1, 0.15) is 5.56 Å². The predicted molar refractivity (Wildman–Crippen MR) is 94.6 cm³/mol. The quantitative estimate of drug-likeness (QED) is 0.611. The first-order valence-corrected chi connectivity index (χ1v) is 8.05. The van der Waals surface area contributed by atoms with Gasteiger partial charge in [0.25, 0.3) is 11.8 Å². The summed E-state index contributed by atoms with van der Waals surface area (Å²) in [7, 11) is 0. The number of carbonyl (C=O) groups is 3. The highest BCUT2D eigenvalue weighted by Gasteiger charge is 2.36. The molecule has 0 atom stereocenters. The number of hydrogen-bond acceptors (Lipinski definition) is 3. The van der Waals surface area contributed by atoms with Crippen molar-refractivity contribution in [1.82, 2.24) is 5.32 Å². The minimum atomic E-state index is -0.786. The fraction of sp³-hybridized carbons (Fsp3) is 0. The van der Waals surface area contributed by atoms with Crippen molar-refractivity contribution in [1.29, 1.82) is 0 Å². The normalized spacial score (nSPS) is 16.5. The molecule has 0 aromatic heterocycles. The van der Waals surface area contributed by atoms with Crippen LogP contribution in [0.2, 0.25) is 5.02 Å². The summed E-state index contributed by atoms with van der Waals surface area (Å²) in [6, 6.07) is 12.6. The fourth-order valence-corrected chi connectivity index (χ4v) is 2.86. The Morgan fingerprint density at radius 1 is 1.04 bits per heavy atom. The summed E-state index contributed by atoms with van der Waals surface area (Å²) in [5, 5.41) is 2.65. The molecule has 5 nitrogen and oxygen atoms in total. The van der Waals surface area contributed by atoms with Crippen molar-refractivity contribution in [2.45, 2.75) is 0 Å². The maximum absolute atomic E-state index is 12.7. The van der Waals surface area contributed by atoms with Crippen LogP contribution in [0, 0.1) is 0 Å². The van der Waals surface area contributed by atoms with Crippen LogP contribution < -0.4 is 10.2 Å². The van der Waals surface area contributed by atoms with E-state index < -0.39 is 17.8 Å². The van der Waals surface area contributed by atoms with Crippen LogP contribution in [0.15, 0.2) is 58.6 Å². The summed E-state index contributed by atoms with van der Waals surface area (Å²) in [5.74, 6) is -1.43. The van der Waals surface area contributed by atoms with E-state index in [2.05, 4.69) is 21.2 Å². The third-order valence-corrected chi connectivity index (χ3v) is 4.06. The molecule has 0 radical (unpaired) electrons. The number of imide groups is 2. The third kappa shape index (κ3) is 3.25. The van der Waals surface area contributed by atoms with Crippen LogP contribution in [-0.2, 0) is 9.59 Å². The average molecular weight is 406 g/mol. The van der Waals surface area contributed by atoms with Gasteiger partial charge in [-0.3, -0.25) is 14.9 Å². The fourth-order valence-electron chi connectivity index (χ4n) is 2.27. The number of benzene rings is 2. The van der Waals surface area contributed by atoms with Gasteiger partial charge in [0.15, 0.2) is 0 Å². The van der Waals surface area contributed by atoms with Crippen molar-refractivity contribution in [2.24, 2.45) is 0 Å². The Labute approximate surface area is 151 Å². The summed E-state index contributed by atoms with van der Waals surface area (Å²) < 4.78 is 0.706. The van der Waals surface area contributed by atoms with E-state index in [4.69, 9.17) is 11.6 Å². The van der Waals surface area contributed by atoms with Crippen molar-refractivity contribution in [3.63, 3.8) is 0 Å². The number of amides is 4. The van der Waals surface area contributed by atoms with Crippen LogP contribution in [0.25, 0.3) is 6.08 Å². The molecular weight excluding hydrogens is 396 g/mol. The zero-order valence-electron chi connectivity index (χ0n) is 12.1. The molecule has 120 valence electrons. The van der Waals surface area contributed by atoms with E-state index in [9.17, 15) is 14.4 Å². The SMILES string of the molecule is O=C1NC(=O)N(c2cccc(Br)c2)C(=O)C1=Cc1cccc(Cl)c1. The van der Waals surface area contributed by atoms with Crippen LogP contribution in [0.3, 0.4) is 0 Å². The number of nitrogens with zero attached hydrogens (tertiary/aromatic N) is 1. The van der Waals surface area contributed by atoms with Gasteiger partial charge in [0.2, 0.25) is 0 Å². The molecule has 0 spiro atoms. The van der Waals surface area contributed by atoms with Gasteiger partial charge in [-0.1, -0.05) is 45.7 Å². The Morgan fingerprint density at radius 2 is 1.79 bits per heavy atom. The minimum Gasteiger partial charge on any atom is -0.273 e. The van der Waals surface area contributed by atoms with Crippen LogP contribution in [-0.4, -0.2) is 17.8 Å². The second kappa shape index (κ2) is 6.59. The van der Waals surface area contributed by atoms with Gasteiger partial charge in [-0.15, -0.1) is 0 Å². The van der Waals surface area contributed by atoms with Gasteiger partial charge in [0, 0.05) is 9.50 Å². The first-order valence-electron chi connectivity index (χ1n) is 6.88. The molecule has 0 unspecified atom stereocenters. The molecule has 1 fully saturated rings. The van der Waals surface area contributed by atoms with E-state index in [1.54, 1.807) is 48.5 Å². The molecule has 1 N–H and O–H groups in total. The molecule has 1 heterocycles. The van der Waals surface area contributed by atoms with Crippen molar-refractivity contribution in [2.75, 3.05) is 4.90 Å². The molecule has 7 heteroatoms. The van der Waals surface area contributed by atoms with E-state index in [-0.39, 0.29) is 5.57 Å². The summed E-state index contributed by atoms with van der Waals surface area (Å²) in [5.41, 5.74) is 0.803. The number of rotatable bonds is 2. The summed E-state index contributed by atoms with van der Waals surface area (Å²) in [6.07, 6.45) is 1.40. The molecule has 2 aromatic carbocycles. The highest BCUT2D eigenvalue weighted by Crippen LogP contribution is 2.25. The molecule has 2 aromatic rings. The third-order valence-electron chi connectivity index (χ3n) is 3.33. The molecule has 24 heavy (non-hydrogen) atoms. The molecule has 0 aliphatic carbocycles. The molecule has 1 saturated heterocycles. The van der Waals surface area contributed by atoms with Gasteiger partial charge in [-0.05, 0) is 42.0 Å². The standard InChI is InChI=1S/C17H10BrClN2O3/c18-11-4-2-6-13(9-11)21-16(23)14(15(22)20-17(21)24)8-10-3-1-5-12(19)7-10/h1-9H,(H,20,22,24). The summed E-state index contributed by atoms with van der Waals surface area (Å²) in [4.78, 5) is 37.7. The Kier molecular flexibility index (Phi) is 4.51. The van der Waals surface area contributed by atoms with Gasteiger partial charge >= 0.3 is 6.03 Å². The number of halogens is 2. The number of anilines is 1. The molecule has 1 aliphatic rings. The number of carbonyl (C=O) groups excluding carboxylic acids is 3. The van der Waals surface area contributed by atoms with Gasteiger partial charge in [-0.2, -0.15) is 0 Å². The molecule has 1 aliphatic heterocycles. The Morgan fingerprint density at radius 3 is 2.50 bits per heavy atom. The van der Waals surface area contributed by atoms with Crippen molar-refractivity contribution in [3.05, 3.63) is 69.2 Å². The Bertz CT molecular complexity index is 895. The van der Waals surface area contributed by atoms with Gasteiger partial charge in [0.05, 0.1) is 5.69 Å². The highest BCUT2D eigenvalue weighted by atomic mass is 79.9. The lowest BCUT2D eigenvalue weighted by atomic mass is 10.1. The highest BCUT2D eigenvalue weighted by molar-refractivity contribution is 9.10. The zero-order valence-corrected chi connectivity index (χ0v) is 14.5. The smallest absolute Gasteiger partial charge is 0.273 e. The molecule has 3 rings (SSSR count). The van der Waals surface area contributed by atoms with Crippen LogP contribution in [0.5, 0.6) is 0 Å². The number of nitrogens with one attached hydrogen (secondary N) is 1. The van der Waals surface area contributed by atoms with Gasteiger partial charge < -0.3 is 0 Å². The second-order valence-electron chi connectivity index (χ2n) is 4.99. The van der Waals surface area contributed by atoms with Crippen molar-refractivity contribution in [3.8, 4) is 0 Å². The lowest BCUT2D eigenvalue weighted by molar-refractivity contribution is -0.122. The second-order valence-corrected chi connectivity index (χ2v) is 6.34. The average Bonchev–Trinajstić information content (AvgIpc) is 2.51. The maximum Gasteiger partial charge on any atom is 0.335 e. The lowest BCUT2D eigenvalue weighted by Crippen LogP contribution is -2.54. The number of barbiturate groups is 1. The van der Waals surface area contributed by atoms with Crippen molar-refractivity contribution >= 4 is 57.1 Å². The van der Waals surface area contributed by atoms with E-state index in [1.165, 1.54) is 6.08 Å². The predicted octanol–water partition coefficient (Wildman–Crippen LogP) is 3.77. The zero-order chi connectivity index (χ0) is 17.3. The molecular formula is C17H10BrClN2O3. The Balaban J connectivity index is 2.03. The molecule has 0 bridgehead atoms. The number of urea groups is 1. The van der Waals surface area contributed by atoms with E-state index in [0.717, 1.165) is 4.90 Å². The van der Waals surface area contributed by atoms with Crippen LogP contribution >= 0.6 is 27.5 Å². The maximum atomic E-state index is 12.7. The van der Waals surface area contributed by atoms with Gasteiger partial charge in [0.1, 0.15) is 5.57 Å². The molecule has 0 saturated carbocycles. The van der Waals surface area contributed by atoms with E-state index in [1.807, 2.05) is 0 Å². The molecule has 4 amide bonds.